The minimum absolute atomic E-state index is 0.0182. The molecule has 1 N–H and O–H groups in total. The van der Waals surface area contributed by atoms with Gasteiger partial charge in [0.2, 0.25) is 5.91 Å². The minimum Gasteiger partial charge on any atom is -0.461 e. The number of carbonyl (C=O) groups is 1. The standard InChI is InChI=1S/C18H20N4O2S/c1-13(14-7-4-3-5-8-14)11-19-16(23)12-25-18-21-20-17(22(18)2)15-9-6-10-24-15/h3-10,13H,11-12H2,1-2H3,(H,19,23). The van der Waals surface area contributed by atoms with Crippen LogP contribution in [0.2, 0.25) is 0 Å². The van der Waals surface area contributed by atoms with Crippen LogP contribution in [0.15, 0.2) is 58.3 Å². The van der Waals surface area contributed by atoms with Gasteiger partial charge in [0.25, 0.3) is 0 Å². The fourth-order valence-electron chi connectivity index (χ4n) is 2.41. The molecule has 0 saturated carbocycles. The molecule has 130 valence electrons. The highest BCUT2D eigenvalue weighted by molar-refractivity contribution is 7.99. The third kappa shape index (κ3) is 4.30. The molecular formula is C18H20N4O2S. The van der Waals surface area contributed by atoms with Gasteiger partial charge < -0.3 is 14.3 Å². The molecule has 1 unspecified atom stereocenters. The second kappa shape index (κ2) is 8.02. The van der Waals surface area contributed by atoms with E-state index in [2.05, 4.69) is 34.6 Å². The molecule has 1 aromatic carbocycles. The van der Waals surface area contributed by atoms with Crippen LogP contribution >= 0.6 is 11.8 Å². The van der Waals surface area contributed by atoms with E-state index in [0.29, 0.717) is 29.0 Å². The Balaban J connectivity index is 1.50. The lowest BCUT2D eigenvalue weighted by molar-refractivity contribution is -0.118. The molecule has 2 aromatic heterocycles. The van der Waals surface area contributed by atoms with Gasteiger partial charge in [-0.05, 0) is 23.6 Å². The van der Waals surface area contributed by atoms with Crippen LogP contribution in [-0.2, 0) is 11.8 Å². The fourth-order valence-corrected chi connectivity index (χ4v) is 3.15. The topological polar surface area (TPSA) is 73.0 Å². The highest BCUT2D eigenvalue weighted by Crippen LogP contribution is 2.22. The quantitative estimate of drug-likeness (QED) is 0.659. The number of amides is 1. The van der Waals surface area contributed by atoms with E-state index in [-0.39, 0.29) is 11.8 Å². The van der Waals surface area contributed by atoms with E-state index in [0.717, 1.165) is 0 Å². The predicted molar refractivity (Wildman–Crippen MR) is 97.3 cm³/mol. The molecule has 25 heavy (non-hydrogen) atoms. The number of furan rings is 1. The van der Waals surface area contributed by atoms with Gasteiger partial charge in [-0.2, -0.15) is 0 Å². The van der Waals surface area contributed by atoms with Gasteiger partial charge >= 0.3 is 0 Å². The number of thioether (sulfide) groups is 1. The van der Waals surface area contributed by atoms with E-state index >= 15 is 0 Å². The van der Waals surface area contributed by atoms with Gasteiger partial charge in [-0.1, -0.05) is 49.0 Å². The molecule has 0 bridgehead atoms. The van der Waals surface area contributed by atoms with E-state index in [4.69, 9.17) is 4.42 Å². The molecule has 0 spiro atoms. The second-order valence-corrected chi connectivity index (χ2v) is 6.69. The van der Waals surface area contributed by atoms with Crippen molar-refractivity contribution >= 4 is 17.7 Å². The number of carbonyl (C=O) groups excluding carboxylic acids is 1. The molecule has 0 radical (unpaired) electrons. The van der Waals surface area contributed by atoms with Crippen molar-refractivity contribution < 1.29 is 9.21 Å². The number of nitrogens with one attached hydrogen (secondary N) is 1. The Morgan fingerprint density at radius 1 is 1.24 bits per heavy atom. The van der Waals surface area contributed by atoms with Crippen molar-refractivity contribution in [1.29, 1.82) is 0 Å². The largest absolute Gasteiger partial charge is 0.461 e. The van der Waals surface area contributed by atoms with Crippen LogP contribution in [0.3, 0.4) is 0 Å². The van der Waals surface area contributed by atoms with Crippen molar-refractivity contribution in [2.75, 3.05) is 12.3 Å². The molecule has 0 aliphatic rings. The first-order valence-corrected chi connectivity index (χ1v) is 9.01. The van der Waals surface area contributed by atoms with Gasteiger partial charge in [0, 0.05) is 13.6 Å². The van der Waals surface area contributed by atoms with Gasteiger partial charge in [-0.3, -0.25) is 4.79 Å². The number of nitrogens with zero attached hydrogens (tertiary/aromatic N) is 3. The van der Waals surface area contributed by atoms with E-state index in [9.17, 15) is 4.79 Å². The molecule has 0 fully saturated rings. The van der Waals surface area contributed by atoms with E-state index in [1.54, 1.807) is 12.3 Å². The maximum absolute atomic E-state index is 12.1. The van der Waals surface area contributed by atoms with Gasteiger partial charge in [0.1, 0.15) is 0 Å². The molecule has 3 rings (SSSR count). The first-order valence-electron chi connectivity index (χ1n) is 8.03. The van der Waals surface area contributed by atoms with E-state index in [1.165, 1.54) is 17.3 Å². The molecule has 6 nitrogen and oxygen atoms in total. The molecule has 7 heteroatoms. The average molecular weight is 356 g/mol. The van der Waals surface area contributed by atoms with Crippen molar-refractivity contribution in [1.82, 2.24) is 20.1 Å². The van der Waals surface area contributed by atoms with Crippen LogP contribution < -0.4 is 5.32 Å². The number of rotatable bonds is 7. The van der Waals surface area contributed by atoms with Crippen molar-refractivity contribution in [3.8, 4) is 11.6 Å². The van der Waals surface area contributed by atoms with Crippen LogP contribution in [0, 0.1) is 0 Å². The number of hydrogen-bond donors (Lipinski definition) is 1. The summed E-state index contributed by atoms with van der Waals surface area (Å²) in [6.45, 7) is 2.71. The third-order valence-corrected chi connectivity index (χ3v) is 4.90. The Bertz CT molecular complexity index is 815. The lowest BCUT2D eigenvalue weighted by Gasteiger charge is -2.12. The van der Waals surface area contributed by atoms with Crippen LogP contribution in [0.5, 0.6) is 0 Å². The average Bonchev–Trinajstić information content (AvgIpc) is 3.28. The Hall–Kier alpha value is -2.54. The SMILES string of the molecule is CC(CNC(=O)CSc1nnc(-c2ccco2)n1C)c1ccccc1. The summed E-state index contributed by atoms with van der Waals surface area (Å²) in [5.74, 6) is 1.85. The lowest BCUT2D eigenvalue weighted by atomic mass is 10.0. The molecule has 1 amide bonds. The summed E-state index contributed by atoms with van der Waals surface area (Å²) in [6, 6.07) is 13.8. The molecular weight excluding hydrogens is 336 g/mol. The Kier molecular flexibility index (Phi) is 5.55. The van der Waals surface area contributed by atoms with Gasteiger partial charge in [-0.25, -0.2) is 0 Å². The molecule has 0 aliphatic carbocycles. The summed E-state index contributed by atoms with van der Waals surface area (Å²) in [5.41, 5.74) is 1.21. The van der Waals surface area contributed by atoms with Crippen LogP contribution in [-0.4, -0.2) is 33.0 Å². The van der Waals surface area contributed by atoms with Crippen LogP contribution in [0.4, 0.5) is 0 Å². The fraction of sp³-hybridized carbons (Fsp3) is 0.278. The summed E-state index contributed by atoms with van der Waals surface area (Å²) in [5, 5.41) is 11.9. The van der Waals surface area contributed by atoms with Gasteiger partial charge in [0.15, 0.2) is 16.7 Å². The molecule has 3 aromatic rings. The zero-order chi connectivity index (χ0) is 17.6. The number of hydrogen-bond acceptors (Lipinski definition) is 5. The van der Waals surface area contributed by atoms with Gasteiger partial charge in [0.05, 0.1) is 12.0 Å². The van der Waals surface area contributed by atoms with Crippen LogP contribution in [0.25, 0.3) is 11.6 Å². The summed E-state index contributed by atoms with van der Waals surface area (Å²) >= 11 is 1.36. The zero-order valence-corrected chi connectivity index (χ0v) is 15.0. The lowest BCUT2D eigenvalue weighted by Crippen LogP contribution is -2.29. The van der Waals surface area contributed by atoms with Crippen molar-refractivity contribution in [2.24, 2.45) is 7.05 Å². The monoisotopic (exact) mass is 356 g/mol. The third-order valence-electron chi connectivity index (χ3n) is 3.88. The second-order valence-electron chi connectivity index (χ2n) is 5.75. The highest BCUT2D eigenvalue weighted by atomic mass is 32.2. The van der Waals surface area contributed by atoms with E-state index in [1.807, 2.05) is 35.9 Å². The van der Waals surface area contributed by atoms with E-state index < -0.39 is 0 Å². The predicted octanol–water partition coefficient (Wildman–Crippen LogP) is 3.09. The Morgan fingerprint density at radius 2 is 2.04 bits per heavy atom. The zero-order valence-electron chi connectivity index (χ0n) is 14.2. The Labute approximate surface area is 150 Å². The summed E-state index contributed by atoms with van der Waals surface area (Å²) in [6.07, 6.45) is 1.60. The van der Waals surface area contributed by atoms with Crippen molar-refractivity contribution in [3.05, 3.63) is 54.3 Å². The highest BCUT2D eigenvalue weighted by Gasteiger charge is 2.15. The van der Waals surface area contributed by atoms with Crippen LogP contribution in [0.1, 0.15) is 18.4 Å². The normalized spacial score (nSPS) is 12.1. The molecule has 1 atom stereocenters. The Morgan fingerprint density at radius 3 is 2.76 bits per heavy atom. The summed E-state index contributed by atoms with van der Waals surface area (Å²) in [7, 11) is 1.86. The maximum atomic E-state index is 12.1. The molecule has 2 heterocycles. The first-order chi connectivity index (χ1) is 12.1. The van der Waals surface area contributed by atoms with Crippen molar-refractivity contribution in [2.45, 2.75) is 18.0 Å². The number of aromatic nitrogens is 3. The van der Waals surface area contributed by atoms with Gasteiger partial charge in [-0.15, -0.1) is 10.2 Å². The molecule has 0 aliphatic heterocycles. The minimum atomic E-state index is -0.0182. The maximum Gasteiger partial charge on any atom is 0.230 e. The summed E-state index contributed by atoms with van der Waals surface area (Å²) in [4.78, 5) is 12.1. The smallest absolute Gasteiger partial charge is 0.230 e. The first kappa shape index (κ1) is 17.3. The number of benzene rings is 1. The molecule has 0 saturated heterocycles. The summed E-state index contributed by atoms with van der Waals surface area (Å²) < 4.78 is 7.16. The van der Waals surface area contributed by atoms with Crippen molar-refractivity contribution in [3.63, 3.8) is 0 Å².